The number of halogens is 1. The average Bonchev–Trinajstić information content (AvgIpc) is 3.05. The van der Waals surface area contributed by atoms with Gasteiger partial charge in [0.15, 0.2) is 11.5 Å². The van der Waals surface area contributed by atoms with Crippen LogP contribution in [0.2, 0.25) is 0 Å². The fourth-order valence-electron chi connectivity index (χ4n) is 4.51. The molecule has 0 aliphatic heterocycles. The van der Waals surface area contributed by atoms with Gasteiger partial charge in [-0.1, -0.05) is 25.5 Å². The Balaban J connectivity index is 2.14. The van der Waals surface area contributed by atoms with Crippen LogP contribution < -0.4 is 28.6 Å². The highest BCUT2D eigenvalue weighted by molar-refractivity contribution is 7.92. The molecule has 0 saturated carbocycles. The Morgan fingerprint density at radius 2 is 1.51 bits per heavy atom. The molecule has 13 heteroatoms. The number of methoxy groups -OCH3 is 4. The van der Waals surface area contributed by atoms with E-state index in [4.69, 9.17) is 18.9 Å². The van der Waals surface area contributed by atoms with Gasteiger partial charge in [-0.15, -0.1) is 0 Å². The first kappa shape index (κ1) is 35.0. The van der Waals surface area contributed by atoms with Gasteiger partial charge in [0, 0.05) is 25.2 Å². The summed E-state index contributed by atoms with van der Waals surface area (Å²) in [7, 11) is 1.12. The van der Waals surface area contributed by atoms with Gasteiger partial charge in [0.05, 0.1) is 39.0 Å². The van der Waals surface area contributed by atoms with E-state index in [1.807, 2.05) is 6.92 Å². The summed E-state index contributed by atoms with van der Waals surface area (Å²) in [6.07, 6.45) is 1.61. The quantitative estimate of drug-likeness (QED) is 0.228. The van der Waals surface area contributed by atoms with Crippen LogP contribution in [-0.2, 0) is 26.2 Å². The number of amides is 2. The van der Waals surface area contributed by atoms with Crippen LogP contribution in [0.4, 0.5) is 10.1 Å². The van der Waals surface area contributed by atoms with E-state index in [2.05, 4.69) is 5.32 Å². The van der Waals surface area contributed by atoms with E-state index in [9.17, 15) is 22.4 Å². The Morgan fingerprint density at radius 3 is 2.11 bits per heavy atom. The van der Waals surface area contributed by atoms with E-state index in [1.165, 1.54) is 87.9 Å². The lowest BCUT2D eigenvalue weighted by atomic mass is 10.1. The van der Waals surface area contributed by atoms with Crippen LogP contribution in [0, 0.1) is 5.82 Å². The fraction of sp³-hybridized carbons (Fsp3) is 0.375. The molecule has 0 aliphatic rings. The van der Waals surface area contributed by atoms with Gasteiger partial charge in [-0.2, -0.15) is 0 Å². The summed E-state index contributed by atoms with van der Waals surface area (Å²) in [5.41, 5.74) is 0.577. The van der Waals surface area contributed by atoms with Gasteiger partial charge in [-0.05, 0) is 55.3 Å². The highest BCUT2D eigenvalue weighted by Crippen LogP contribution is 2.37. The molecule has 0 aromatic heterocycles. The van der Waals surface area contributed by atoms with Crippen molar-refractivity contribution in [2.24, 2.45) is 0 Å². The number of nitrogens with one attached hydrogen (secondary N) is 1. The maximum Gasteiger partial charge on any atom is 0.265 e. The predicted molar refractivity (Wildman–Crippen MR) is 168 cm³/mol. The van der Waals surface area contributed by atoms with Crippen LogP contribution in [0.25, 0.3) is 0 Å². The zero-order valence-electron chi connectivity index (χ0n) is 26.3. The van der Waals surface area contributed by atoms with Crippen molar-refractivity contribution in [2.75, 3.05) is 45.8 Å². The molecule has 0 heterocycles. The Hall–Kier alpha value is -4.52. The van der Waals surface area contributed by atoms with Gasteiger partial charge >= 0.3 is 0 Å². The van der Waals surface area contributed by atoms with E-state index in [-0.39, 0.29) is 28.6 Å². The fourth-order valence-corrected chi connectivity index (χ4v) is 5.95. The monoisotopic (exact) mass is 645 g/mol. The summed E-state index contributed by atoms with van der Waals surface area (Å²) in [4.78, 5) is 28.4. The van der Waals surface area contributed by atoms with Gasteiger partial charge in [0.2, 0.25) is 11.8 Å². The summed E-state index contributed by atoms with van der Waals surface area (Å²) in [5, 5.41) is 2.82. The highest BCUT2D eigenvalue weighted by Gasteiger charge is 2.34. The van der Waals surface area contributed by atoms with Gasteiger partial charge in [-0.3, -0.25) is 13.9 Å². The van der Waals surface area contributed by atoms with Crippen LogP contribution in [0.3, 0.4) is 0 Å². The summed E-state index contributed by atoms with van der Waals surface area (Å²) in [6.45, 7) is 3.16. The Kier molecular flexibility index (Phi) is 12.4. The van der Waals surface area contributed by atoms with Crippen LogP contribution in [-0.4, -0.2) is 72.7 Å². The minimum Gasteiger partial charge on any atom is -0.497 e. The van der Waals surface area contributed by atoms with Crippen molar-refractivity contribution < 1.29 is 41.3 Å². The normalized spacial score (nSPS) is 11.7. The number of sulfonamides is 1. The van der Waals surface area contributed by atoms with E-state index < -0.39 is 40.2 Å². The van der Waals surface area contributed by atoms with Crippen LogP contribution >= 0.6 is 0 Å². The van der Waals surface area contributed by atoms with Crippen molar-refractivity contribution in [3.8, 4) is 23.0 Å². The topological polar surface area (TPSA) is 124 Å². The number of nitrogens with zero attached hydrogens (tertiary/aromatic N) is 2. The van der Waals surface area contributed by atoms with Crippen molar-refractivity contribution in [1.29, 1.82) is 0 Å². The maximum absolute atomic E-state index is 14.3. The molecule has 45 heavy (non-hydrogen) atoms. The molecule has 0 aliphatic carbocycles. The Morgan fingerprint density at radius 1 is 0.867 bits per heavy atom. The number of ether oxygens (including phenoxy) is 4. The molecular weight excluding hydrogens is 605 g/mol. The van der Waals surface area contributed by atoms with E-state index in [0.717, 1.165) is 17.1 Å². The maximum atomic E-state index is 14.3. The molecule has 0 saturated heterocycles. The number of benzene rings is 3. The minimum atomic E-state index is -4.48. The minimum absolute atomic E-state index is 0.0294. The van der Waals surface area contributed by atoms with E-state index >= 15 is 0 Å². The number of carbonyl (C=O) groups is 2. The Labute approximate surface area is 263 Å². The average molecular weight is 646 g/mol. The van der Waals surface area contributed by atoms with Gasteiger partial charge in [-0.25, -0.2) is 12.8 Å². The number of unbranched alkanes of at least 4 members (excludes halogenated alkanes) is 1. The third-order valence-electron chi connectivity index (χ3n) is 7.14. The molecule has 2 amide bonds. The standard InChI is InChI=1S/C32H40FN3O8S/c1-7-8-17-34-32(38)22(2)35(20-23-9-11-24(33)12-10-23)31(37)21-36(27-18-25(41-3)13-15-28(27)42-4)45(39,40)26-14-16-29(43-5)30(19-26)44-6/h9-16,18-19,22H,7-8,17,20-21H2,1-6H3,(H,34,38)/t22-/m0/s1. The zero-order chi connectivity index (χ0) is 33.1. The van der Waals surface area contributed by atoms with Crippen LogP contribution in [0.5, 0.6) is 23.0 Å². The molecule has 3 aromatic rings. The zero-order valence-corrected chi connectivity index (χ0v) is 27.1. The SMILES string of the molecule is CCCCNC(=O)[C@H](C)N(Cc1ccc(F)cc1)C(=O)CN(c1cc(OC)ccc1OC)S(=O)(=O)c1ccc(OC)c(OC)c1. The lowest BCUT2D eigenvalue weighted by Crippen LogP contribution is -2.51. The third-order valence-corrected chi connectivity index (χ3v) is 8.90. The van der Waals surface area contributed by atoms with Gasteiger partial charge in [0.25, 0.3) is 10.0 Å². The number of hydrogen-bond donors (Lipinski definition) is 1. The molecule has 0 radical (unpaired) electrons. The molecule has 1 atom stereocenters. The first-order valence-corrected chi connectivity index (χ1v) is 15.7. The smallest absolute Gasteiger partial charge is 0.265 e. The molecule has 11 nitrogen and oxygen atoms in total. The molecule has 0 spiro atoms. The molecule has 0 unspecified atom stereocenters. The third kappa shape index (κ3) is 8.56. The summed E-state index contributed by atoms with van der Waals surface area (Å²) in [6, 6.07) is 13.1. The molecule has 3 rings (SSSR count). The number of carbonyl (C=O) groups excluding carboxylic acids is 2. The first-order chi connectivity index (χ1) is 21.5. The van der Waals surface area contributed by atoms with Crippen LogP contribution in [0.15, 0.2) is 65.6 Å². The van der Waals surface area contributed by atoms with Crippen molar-refractivity contribution in [3.05, 3.63) is 72.0 Å². The molecule has 0 bridgehead atoms. The van der Waals surface area contributed by atoms with Crippen LogP contribution in [0.1, 0.15) is 32.3 Å². The highest BCUT2D eigenvalue weighted by atomic mass is 32.2. The Bertz CT molecular complexity index is 1570. The van der Waals surface area contributed by atoms with E-state index in [1.54, 1.807) is 13.0 Å². The number of anilines is 1. The second-order valence-corrected chi connectivity index (χ2v) is 11.9. The predicted octanol–water partition coefficient (Wildman–Crippen LogP) is 4.39. The largest absolute Gasteiger partial charge is 0.497 e. The molecule has 0 fully saturated rings. The molecular formula is C32H40FN3O8S. The summed E-state index contributed by atoms with van der Waals surface area (Å²) >= 11 is 0. The lowest BCUT2D eigenvalue weighted by molar-refractivity contribution is -0.139. The number of rotatable bonds is 16. The number of hydrogen-bond acceptors (Lipinski definition) is 8. The second kappa shape index (κ2) is 16.0. The lowest BCUT2D eigenvalue weighted by Gasteiger charge is -2.32. The van der Waals surface area contributed by atoms with Gasteiger partial charge < -0.3 is 29.2 Å². The molecule has 3 aromatic carbocycles. The van der Waals surface area contributed by atoms with Crippen molar-refractivity contribution in [3.63, 3.8) is 0 Å². The van der Waals surface area contributed by atoms with Gasteiger partial charge in [0.1, 0.15) is 29.9 Å². The van der Waals surface area contributed by atoms with Crippen molar-refractivity contribution >= 4 is 27.5 Å². The van der Waals surface area contributed by atoms with Crippen molar-refractivity contribution in [2.45, 2.75) is 44.2 Å². The molecule has 244 valence electrons. The van der Waals surface area contributed by atoms with Crippen molar-refractivity contribution in [1.82, 2.24) is 10.2 Å². The van der Waals surface area contributed by atoms with E-state index in [0.29, 0.717) is 23.6 Å². The second-order valence-electron chi connectivity index (χ2n) is 10.0. The molecule has 1 N–H and O–H groups in total. The first-order valence-electron chi connectivity index (χ1n) is 14.3. The summed E-state index contributed by atoms with van der Waals surface area (Å²) < 4.78 is 64.7. The summed E-state index contributed by atoms with van der Waals surface area (Å²) in [5.74, 6) is -0.609.